The highest BCUT2D eigenvalue weighted by Crippen LogP contribution is 2.39. The minimum absolute atomic E-state index is 0.0522. The van der Waals surface area contributed by atoms with Crippen molar-refractivity contribution in [3.63, 3.8) is 0 Å². The maximum Gasteiger partial charge on any atom is 0.324 e. The summed E-state index contributed by atoms with van der Waals surface area (Å²) in [5.41, 5.74) is 7.01. The van der Waals surface area contributed by atoms with Gasteiger partial charge in [0, 0.05) is 30.6 Å². The summed E-state index contributed by atoms with van der Waals surface area (Å²) < 4.78 is 0. The summed E-state index contributed by atoms with van der Waals surface area (Å²) in [4.78, 5) is 37.5. The van der Waals surface area contributed by atoms with E-state index in [9.17, 15) is 9.59 Å². The average Bonchev–Trinajstić information content (AvgIpc) is 3.02. The largest absolute Gasteiger partial charge is 0.375 e. The Balaban J connectivity index is 1.70. The number of likely N-dealkylation sites (N-methyl/N-ethyl adjacent to an activating group) is 1. The maximum absolute atomic E-state index is 13.4. The Morgan fingerprint density at radius 3 is 2.76 bits per heavy atom. The Hall–Kier alpha value is -1.71. The highest BCUT2D eigenvalue weighted by atomic mass is 32.1. The quantitative estimate of drug-likeness (QED) is 0.717. The van der Waals surface area contributed by atoms with Crippen LogP contribution in [0.4, 0.5) is 9.93 Å². The van der Waals surface area contributed by atoms with Gasteiger partial charge in [0.15, 0.2) is 5.13 Å². The van der Waals surface area contributed by atoms with E-state index in [0.717, 1.165) is 37.9 Å². The third-order valence-electron chi connectivity index (χ3n) is 6.03. The molecule has 3 amide bonds. The van der Waals surface area contributed by atoms with E-state index < -0.39 is 0 Å². The second-order valence-electron chi connectivity index (χ2n) is 8.51. The molecule has 2 aliphatic rings. The number of thiazole rings is 1. The van der Waals surface area contributed by atoms with Gasteiger partial charge in [-0.05, 0) is 66.2 Å². The molecule has 1 fully saturated rings. The van der Waals surface area contributed by atoms with Crippen LogP contribution in [0.2, 0.25) is 0 Å². The second-order valence-corrected chi connectivity index (χ2v) is 9.63. The molecule has 3 rings (SSSR count). The van der Waals surface area contributed by atoms with Crippen molar-refractivity contribution in [1.82, 2.24) is 25.0 Å². The summed E-state index contributed by atoms with van der Waals surface area (Å²) in [6, 6.07) is 0.136. The molecule has 0 bridgehead atoms. The lowest BCUT2D eigenvalue weighted by molar-refractivity contribution is -0.136. The Labute approximate surface area is 177 Å². The van der Waals surface area contributed by atoms with Gasteiger partial charge >= 0.3 is 6.03 Å². The van der Waals surface area contributed by atoms with Gasteiger partial charge in [-0.3, -0.25) is 9.69 Å². The average molecular weight is 423 g/mol. The molecule has 1 aromatic heterocycles. The molecule has 0 saturated carbocycles. The molecular formula is C20H34N6O2S. The number of carbonyl (C=O) groups excluding carboxylic acids is 2. The Morgan fingerprint density at radius 1 is 1.31 bits per heavy atom. The molecule has 1 saturated heterocycles. The molecule has 29 heavy (non-hydrogen) atoms. The molecule has 0 spiro atoms. The molecular weight excluding hydrogens is 388 g/mol. The van der Waals surface area contributed by atoms with E-state index in [2.05, 4.69) is 27.1 Å². The molecule has 3 atom stereocenters. The van der Waals surface area contributed by atoms with Crippen LogP contribution in [0.5, 0.6) is 0 Å². The second kappa shape index (κ2) is 9.40. The first kappa shape index (κ1) is 22.0. The zero-order valence-corrected chi connectivity index (χ0v) is 18.8. The number of piperidine rings is 1. The first-order chi connectivity index (χ1) is 13.8. The predicted octanol–water partition coefficient (Wildman–Crippen LogP) is 1.27. The SMILES string of the molecule is CCNC(=O)N(CCCN(C)C)C(=O)[C@@H]1C[C@@H]2Cc3nc(N)sc3C[C@H]2N(C)C1. The predicted molar refractivity (Wildman–Crippen MR) is 116 cm³/mol. The summed E-state index contributed by atoms with van der Waals surface area (Å²) >= 11 is 1.59. The molecule has 9 heteroatoms. The fraction of sp³-hybridized carbons (Fsp3) is 0.750. The molecule has 1 aromatic rings. The van der Waals surface area contributed by atoms with E-state index in [1.165, 1.54) is 9.78 Å². The molecule has 8 nitrogen and oxygen atoms in total. The normalized spacial score (nSPS) is 24.1. The van der Waals surface area contributed by atoms with E-state index in [1.807, 2.05) is 21.0 Å². The first-order valence-corrected chi connectivity index (χ1v) is 11.3. The number of likely N-dealkylation sites (tertiary alicyclic amines) is 1. The molecule has 1 aliphatic heterocycles. The third-order valence-corrected chi connectivity index (χ3v) is 6.98. The lowest BCUT2D eigenvalue weighted by atomic mass is 9.75. The molecule has 0 aromatic carbocycles. The summed E-state index contributed by atoms with van der Waals surface area (Å²) in [7, 11) is 6.09. The van der Waals surface area contributed by atoms with Crippen LogP contribution in [0.25, 0.3) is 0 Å². The number of imide groups is 1. The highest BCUT2D eigenvalue weighted by Gasteiger charge is 2.42. The van der Waals surface area contributed by atoms with Crippen molar-refractivity contribution in [3.05, 3.63) is 10.6 Å². The van der Waals surface area contributed by atoms with Gasteiger partial charge in [0.1, 0.15) is 0 Å². The van der Waals surface area contributed by atoms with Crippen LogP contribution in [0.15, 0.2) is 0 Å². The number of aromatic nitrogens is 1. The number of rotatable bonds is 6. The van der Waals surface area contributed by atoms with Gasteiger partial charge < -0.3 is 20.9 Å². The van der Waals surface area contributed by atoms with Crippen molar-refractivity contribution in [2.24, 2.45) is 11.8 Å². The van der Waals surface area contributed by atoms with Crippen LogP contribution in [0.1, 0.15) is 30.3 Å². The minimum atomic E-state index is -0.278. The molecule has 0 radical (unpaired) electrons. The van der Waals surface area contributed by atoms with Crippen LogP contribution in [-0.2, 0) is 17.6 Å². The van der Waals surface area contributed by atoms with E-state index in [-0.39, 0.29) is 17.9 Å². The van der Waals surface area contributed by atoms with Crippen molar-refractivity contribution in [3.8, 4) is 0 Å². The van der Waals surface area contributed by atoms with Crippen molar-refractivity contribution in [2.75, 3.05) is 53.1 Å². The number of anilines is 1. The fourth-order valence-corrected chi connectivity index (χ4v) is 5.55. The topological polar surface area (TPSA) is 94.8 Å². The van der Waals surface area contributed by atoms with Crippen LogP contribution in [-0.4, -0.2) is 85.0 Å². The molecule has 1 aliphatic carbocycles. The number of carbonyl (C=O) groups is 2. The number of hydrogen-bond acceptors (Lipinski definition) is 7. The van der Waals surface area contributed by atoms with Gasteiger partial charge in [-0.2, -0.15) is 0 Å². The van der Waals surface area contributed by atoms with Crippen LogP contribution in [0.3, 0.4) is 0 Å². The third kappa shape index (κ3) is 5.07. The first-order valence-electron chi connectivity index (χ1n) is 10.5. The zero-order valence-electron chi connectivity index (χ0n) is 18.0. The number of nitrogens with zero attached hydrogens (tertiary/aromatic N) is 4. The standard InChI is InChI=1S/C20H34N6O2S/c1-5-22-20(28)26(8-6-7-24(2)3)18(27)14-9-13-10-15-17(29-19(21)23-15)11-16(13)25(4)12-14/h13-14,16H,5-12H2,1-4H3,(H2,21,23)(H,22,28)/t13-,14-,16-/m1/s1. The Morgan fingerprint density at radius 2 is 2.07 bits per heavy atom. The van der Waals surface area contributed by atoms with Gasteiger partial charge in [-0.15, -0.1) is 11.3 Å². The summed E-state index contributed by atoms with van der Waals surface area (Å²) in [6.07, 6.45) is 3.39. The number of urea groups is 1. The van der Waals surface area contributed by atoms with Crippen molar-refractivity contribution >= 4 is 28.4 Å². The minimum Gasteiger partial charge on any atom is -0.375 e. The van der Waals surface area contributed by atoms with Gasteiger partial charge in [0.25, 0.3) is 0 Å². The van der Waals surface area contributed by atoms with Crippen LogP contribution in [0, 0.1) is 11.8 Å². The van der Waals surface area contributed by atoms with Crippen molar-refractivity contribution in [1.29, 1.82) is 0 Å². The fourth-order valence-electron chi connectivity index (χ4n) is 4.65. The summed E-state index contributed by atoms with van der Waals surface area (Å²) in [5.74, 6) is 0.152. The highest BCUT2D eigenvalue weighted by molar-refractivity contribution is 7.15. The summed E-state index contributed by atoms with van der Waals surface area (Å²) in [5, 5.41) is 3.44. The maximum atomic E-state index is 13.4. The van der Waals surface area contributed by atoms with E-state index in [4.69, 9.17) is 5.73 Å². The lowest BCUT2D eigenvalue weighted by Gasteiger charge is -2.45. The number of nitrogens with two attached hydrogens (primary N) is 1. The lowest BCUT2D eigenvalue weighted by Crippen LogP contribution is -2.55. The van der Waals surface area contributed by atoms with E-state index in [0.29, 0.717) is 36.7 Å². The number of nitrogens with one attached hydrogen (secondary N) is 1. The van der Waals surface area contributed by atoms with Crippen LogP contribution < -0.4 is 11.1 Å². The number of hydrogen-bond donors (Lipinski definition) is 2. The Kier molecular flexibility index (Phi) is 7.13. The van der Waals surface area contributed by atoms with E-state index >= 15 is 0 Å². The zero-order chi connectivity index (χ0) is 21.1. The molecule has 0 unspecified atom stereocenters. The van der Waals surface area contributed by atoms with Crippen molar-refractivity contribution in [2.45, 2.75) is 38.6 Å². The van der Waals surface area contributed by atoms with Gasteiger partial charge in [0.2, 0.25) is 5.91 Å². The molecule has 2 heterocycles. The van der Waals surface area contributed by atoms with Gasteiger partial charge in [0.05, 0.1) is 11.6 Å². The smallest absolute Gasteiger partial charge is 0.324 e. The molecule has 3 N–H and O–H groups in total. The monoisotopic (exact) mass is 422 g/mol. The van der Waals surface area contributed by atoms with Crippen molar-refractivity contribution < 1.29 is 9.59 Å². The number of amides is 3. The number of fused-ring (bicyclic) bond motifs is 2. The Bertz CT molecular complexity index is 737. The van der Waals surface area contributed by atoms with Crippen LogP contribution >= 0.6 is 11.3 Å². The summed E-state index contributed by atoms with van der Waals surface area (Å²) in [6.45, 7) is 4.36. The molecule has 162 valence electrons. The van der Waals surface area contributed by atoms with Gasteiger partial charge in [-0.25, -0.2) is 9.78 Å². The number of nitrogen functional groups attached to an aromatic ring is 1. The van der Waals surface area contributed by atoms with E-state index in [1.54, 1.807) is 11.3 Å². The van der Waals surface area contributed by atoms with Gasteiger partial charge in [-0.1, -0.05) is 0 Å².